The van der Waals surface area contributed by atoms with Gasteiger partial charge in [-0.1, -0.05) is 17.7 Å². The fourth-order valence-corrected chi connectivity index (χ4v) is 2.81. The normalized spacial score (nSPS) is 13.7. The maximum absolute atomic E-state index is 12.8. The Morgan fingerprint density at radius 1 is 1.32 bits per heavy atom. The summed E-state index contributed by atoms with van der Waals surface area (Å²) < 4.78 is 38.5. The zero-order valence-corrected chi connectivity index (χ0v) is 15.9. The number of hydrogen-bond acceptors (Lipinski definition) is 5. The van der Waals surface area contributed by atoms with E-state index in [0.29, 0.717) is 6.07 Å². The third kappa shape index (κ3) is 4.63. The predicted octanol–water partition coefficient (Wildman–Crippen LogP) is 2.15. The summed E-state index contributed by atoms with van der Waals surface area (Å²) >= 11 is 5.98. The lowest BCUT2D eigenvalue weighted by atomic mass is 9.91. The van der Waals surface area contributed by atoms with Gasteiger partial charge in [0.05, 0.1) is 17.7 Å². The van der Waals surface area contributed by atoms with Crippen molar-refractivity contribution >= 4 is 23.5 Å². The van der Waals surface area contributed by atoms with E-state index < -0.39 is 35.4 Å². The van der Waals surface area contributed by atoms with Crippen molar-refractivity contribution in [2.75, 3.05) is 25.6 Å². The second-order valence-electron chi connectivity index (χ2n) is 6.49. The first-order valence-electron chi connectivity index (χ1n) is 7.96. The number of aliphatic hydroxyl groups excluding tert-OH is 1. The molecule has 152 valence electrons. The van der Waals surface area contributed by atoms with Gasteiger partial charge in [0.25, 0.3) is 11.5 Å². The SMILES string of the molecule is CN(C)c1nc(C(=O)N[C@@](C)(CO)c2ccc(C(F)(F)F)cc2Cl)cc(=O)[nH]1. The summed E-state index contributed by atoms with van der Waals surface area (Å²) in [5, 5.41) is 12.0. The van der Waals surface area contributed by atoms with Gasteiger partial charge < -0.3 is 15.3 Å². The summed E-state index contributed by atoms with van der Waals surface area (Å²) in [4.78, 5) is 32.2. The molecule has 3 N–H and O–H groups in total. The van der Waals surface area contributed by atoms with Crippen LogP contribution in [-0.2, 0) is 11.7 Å². The van der Waals surface area contributed by atoms with Crippen molar-refractivity contribution < 1.29 is 23.1 Å². The summed E-state index contributed by atoms with van der Waals surface area (Å²) in [5.74, 6) is -0.669. The first-order chi connectivity index (χ1) is 12.9. The maximum Gasteiger partial charge on any atom is 0.416 e. The molecule has 0 saturated heterocycles. The van der Waals surface area contributed by atoms with E-state index in [9.17, 15) is 27.9 Å². The van der Waals surface area contributed by atoms with Crippen molar-refractivity contribution in [1.82, 2.24) is 15.3 Å². The van der Waals surface area contributed by atoms with E-state index in [1.807, 2.05) is 0 Å². The van der Waals surface area contributed by atoms with Crippen LogP contribution in [0.2, 0.25) is 5.02 Å². The average Bonchev–Trinajstić information content (AvgIpc) is 2.59. The second-order valence-corrected chi connectivity index (χ2v) is 6.89. The first kappa shape index (κ1) is 21.7. The zero-order valence-electron chi connectivity index (χ0n) is 15.2. The monoisotopic (exact) mass is 418 g/mol. The largest absolute Gasteiger partial charge is 0.416 e. The quantitative estimate of drug-likeness (QED) is 0.691. The number of aromatic nitrogens is 2. The zero-order chi connectivity index (χ0) is 21.3. The Hall–Kier alpha value is -2.59. The van der Waals surface area contributed by atoms with Crippen molar-refractivity contribution in [3.05, 3.63) is 56.5 Å². The highest BCUT2D eigenvalue weighted by atomic mass is 35.5. The number of alkyl halides is 3. The van der Waals surface area contributed by atoms with Crippen molar-refractivity contribution in [3.63, 3.8) is 0 Å². The predicted molar refractivity (Wildman–Crippen MR) is 97.5 cm³/mol. The van der Waals surface area contributed by atoms with Crippen LogP contribution >= 0.6 is 11.6 Å². The van der Waals surface area contributed by atoms with Crippen LogP contribution in [0.15, 0.2) is 29.1 Å². The van der Waals surface area contributed by atoms with Gasteiger partial charge in [-0.25, -0.2) is 4.98 Å². The van der Waals surface area contributed by atoms with E-state index in [1.54, 1.807) is 14.1 Å². The number of rotatable bonds is 5. The molecular weight excluding hydrogens is 401 g/mol. The van der Waals surface area contributed by atoms with E-state index in [4.69, 9.17) is 11.6 Å². The molecule has 0 fully saturated rings. The molecular formula is C17H18ClF3N4O3. The van der Waals surface area contributed by atoms with Gasteiger partial charge in [0.15, 0.2) is 0 Å². The third-order valence-corrected chi connectivity index (χ3v) is 4.29. The number of H-pyrrole nitrogens is 1. The van der Waals surface area contributed by atoms with Crippen LogP contribution in [0.25, 0.3) is 0 Å². The van der Waals surface area contributed by atoms with Gasteiger partial charge in [0.2, 0.25) is 5.95 Å². The molecule has 1 heterocycles. The number of benzene rings is 1. The number of nitrogens with zero attached hydrogens (tertiary/aromatic N) is 2. The lowest BCUT2D eigenvalue weighted by Gasteiger charge is -2.30. The summed E-state index contributed by atoms with van der Waals surface area (Å²) in [6, 6.07) is 3.57. The molecule has 0 aliphatic carbocycles. The van der Waals surface area contributed by atoms with E-state index in [-0.39, 0.29) is 22.2 Å². The standard InChI is InChI=1S/C17H18ClF3N4O3/c1-16(8-26,10-5-4-9(6-11(10)18)17(19,20)21)24-14(28)12-7-13(27)23-15(22-12)25(2)3/h4-7,26H,8H2,1-3H3,(H,24,28)(H,22,23,27)/t16-/m0/s1. The molecule has 2 aromatic rings. The van der Waals surface area contributed by atoms with Crippen LogP contribution in [0.4, 0.5) is 19.1 Å². The van der Waals surface area contributed by atoms with E-state index in [2.05, 4.69) is 15.3 Å². The highest BCUT2D eigenvalue weighted by molar-refractivity contribution is 6.31. The third-order valence-electron chi connectivity index (χ3n) is 3.98. The average molecular weight is 419 g/mol. The van der Waals surface area contributed by atoms with E-state index in [1.165, 1.54) is 11.8 Å². The molecule has 1 aromatic heterocycles. The lowest BCUT2D eigenvalue weighted by molar-refractivity contribution is -0.137. The van der Waals surface area contributed by atoms with E-state index >= 15 is 0 Å². The Morgan fingerprint density at radius 3 is 2.46 bits per heavy atom. The molecule has 7 nitrogen and oxygen atoms in total. The molecule has 28 heavy (non-hydrogen) atoms. The molecule has 0 aliphatic heterocycles. The molecule has 2 rings (SSSR count). The summed E-state index contributed by atoms with van der Waals surface area (Å²) in [5.41, 5.74) is -3.19. The Bertz CT molecular complexity index is 946. The van der Waals surface area contributed by atoms with Gasteiger partial charge in [-0.15, -0.1) is 0 Å². The van der Waals surface area contributed by atoms with Gasteiger partial charge in [0, 0.05) is 25.2 Å². The topological polar surface area (TPSA) is 98.3 Å². The van der Waals surface area contributed by atoms with Crippen LogP contribution in [0.1, 0.15) is 28.5 Å². The Morgan fingerprint density at radius 2 is 1.96 bits per heavy atom. The van der Waals surface area contributed by atoms with E-state index in [0.717, 1.165) is 18.2 Å². The van der Waals surface area contributed by atoms with Crippen LogP contribution in [0.5, 0.6) is 0 Å². The molecule has 1 amide bonds. The highest BCUT2D eigenvalue weighted by Crippen LogP contribution is 2.35. The van der Waals surface area contributed by atoms with Gasteiger partial charge >= 0.3 is 6.18 Å². The maximum atomic E-state index is 12.8. The Balaban J connectivity index is 2.40. The number of aromatic amines is 1. The molecule has 0 aliphatic rings. The van der Waals surface area contributed by atoms with Crippen molar-refractivity contribution in [1.29, 1.82) is 0 Å². The van der Waals surface area contributed by atoms with Crippen LogP contribution < -0.4 is 15.8 Å². The number of anilines is 1. The summed E-state index contributed by atoms with van der Waals surface area (Å²) in [6.07, 6.45) is -4.58. The molecule has 0 saturated carbocycles. The van der Waals surface area contributed by atoms with Gasteiger partial charge in [-0.2, -0.15) is 13.2 Å². The van der Waals surface area contributed by atoms with Crippen molar-refractivity contribution in [3.8, 4) is 0 Å². The highest BCUT2D eigenvalue weighted by Gasteiger charge is 2.35. The number of nitrogens with one attached hydrogen (secondary N) is 2. The minimum atomic E-state index is -4.58. The number of hydrogen-bond donors (Lipinski definition) is 3. The fourth-order valence-electron chi connectivity index (χ4n) is 2.42. The summed E-state index contributed by atoms with van der Waals surface area (Å²) in [7, 11) is 3.22. The molecule has 0 unspecified atom stereocenters. The van der Waals surface area contributed by atoms with Gasteiger partial charge in [-0.3, -0.25) is 14.6 Å². The smallest absolute Gasteiger partial charge is 0.394 e. The molecule has 0 bridgehead atoms. The van der Waals surface area contributed by atoms with Crippen LogP contribution in [0.3, 0.4) is 0 Å². The van der Waals surface area contributed by atoms with Crippen molar-refractivity contribution in [2.45, 2.75) is 18.6 Å². The molecule has 11 heteroatoms. The van der Waals surface area contributed by atoms with Crippen LogP contribution in [0, 0.1) is 0 Å². The molecule has 0 spiro atoms. The minimum Gasteiger partial charge on any atom is -0.394 e. The summed E-state index contributed by atoms with van der Waals surface area (Å²) in [6.45, 7) is 0.729. The lowest BCUT2D eigenvalue weighted by Crippen LogP contribution is -2.47. The number of carbonyl (C=O) groups is 1. The number of carbonyl (C=O) groups excluding carboxylic acids is 1. The number of amides is 1. The Kier molecular flexibility index (Phi) is 6.05. The fraction of sp³-hybridized carbons (Fsp3) is 0.353. The Labute approximate surface area is 163 Å². The van der Waals surface area contributed by atoms with Gasteiger partial charge in [0.1, 0.15) is 5.69 Å². The first-order valence-corrected chi connectivity index (χ1v) is 8.34. The number of aliphatic hydroxyl groups is 1. The van der Waals surface area contributed by atoms with Gasteiger partial charge in [-0.05, 0) is 24.6 Å². The second kappa shape index (κ2) is 7.80. The molecule has 1 atom stereocenters. The molecule has 0 radical (unpaired) electrons. The van der Waals surface area contributed by atoms with Crippen molar-refractivity contribution in [2.24, 2.45) is 0 Å². The van der Waals surface area contributed by atoms with Crippen LogP contribution in [-0.4, -0.2) is 41.7 Å². The number of halogens is 4. The minimum absolute atomic E-state index is 0.0793. The molecule has 1 aromatic carbocycles.